The summed E-state index contributed by atoms with van der Waals surface area (Å²) >= 11 is 0. The molecule has 0 spiro atoms. The summed E-state index contributed by atoms with van der Waals surface area (Å²) in [6.07, 6.45) is 6.36. The monoisotopic (exact) mass is 450 g/mol. The smallest absolute Gasteiger partial charge is 0.226 e. The third kappa shape index (κ3) is 4.33. The van der Waals surface area contributed by atoms with Crippen LogP contribution in [0.25, 0.3) is 22.2 Å². The van der Waals surface area contributed by atoms with Gasteiger partial charge in [0.1, 0.15) is 17.5 Å². The van der Waals surface area contributed by atoms with Gasteiger partial charge in [0.2, 0.25) is 5.91 Å². The lowest BCUT2D eigenvalue weighted by Gasteiger charge is -2.36. The van der Waals surface area contributed by atoms with Gasteiger partial charge in [0.15, 0.2) is 0 Å². The number of hydrogen-bond acceptors (Lipinski definition) is 3. The first-order valence-electron chi connectivity index (χ1n) is 10.8. The summed E-state index contributed by atoms with van der Waals surface area (Å²) < 4.78 is 42.0. The highest BCUT2D eigenvalue weighted by atomic mass is 19.1. The first-order valence-corrected chi connectivity index (χ1v) is 10.8. The molecule has 33 heavy (non-hydrogen) atoms. The van der Waals surface area contributed by atoms with Crippen LogP contribution in [0.5, 0.6) is 0 Å². The number of halogens is 3. The molecule has 1 saturated carbocycles. The molecule has 0 aliphatic heterocycles. The molecule has 0 unspecified atom stereocenters. The number of amides is 1. The molecule has 0 saturated heterocycles. The lowest BCUT2D eigenvalue weighted by Crippen LogP contribution is -2.36. The summed E-state index contributed by atoms with van der Waals surface area (Å²) in [5.41, 5.74) is 3.06. The molecule has 1 fully saturated rings. The summed E-state index contributed by atoms with van der Waals surface area (Å²) in [6, 6.07) is 8.14. The molecular formula is C25H21F3N4O. The highest BCUT2D eigenvalue weighted by molar-refractivity contribution is 5.92. The Labute approximate surface area is 188 Å². The minimum absolute atomic E-state index is 0.0712. The van der Waals surface area contributed by atoms with Crippen LogP contribution in [-0.2, 0) is 11.2 Å². The van der Waals surface area contributed by atoms with Gasteiger partial charge in [0.25, 0.3) is 0 Å². The summed E-state index contributed by atoms with van der Waals surface area (Å²) in [4.78, 5) is 23.3. The number of H-pyrrole nitrogens is 1. The molecule has 8 heteroatoms. The average Bonchev–Trinajstić information content (AvgIpc) is 3.13. The van der Waals surface area contributed by atoms with Crippen LogP contribution in [-0.4, -0.2) is 27.4 Å². The van der Waals surface area contributed by atoms with Crippen LogP contribution in [0.3, 0.4) is 0 Å². The van der Waals surface area contributed by atoms with Crippen LogP contribution in [0.1, 0.15) is 30.0 Å². The van der Waals surface area contributed by atoms with E-state index in [0.29, 0.717) is 28.9 Å². The molecule has 5 rings (SSSR count). The normalized spacial score (nSPS) is 17.7. The number of aromatic amines is 1. The van der Waals surface area contributed by atoms with Crippen molar-refractivity contribution in [1.29, 1.82) is 0 Å². The molecule has 0 atom stereocenters. The summed E-state index contributed by atoms with van der Waals surface area (Å²) in [7, 11) is 0. The zero-order valence-electron chi connectivity index (χ0n) is 17.6. The van der Waals surface area contributed by atoms with Crippen LogP contribution in [0.4, 0.5) is 13.2 Å². The minimum atomic E-state index is -0.660. The molecule has 4 aromatic rings. The van der Waals surface area contributed by atoms with Gasteiger partial charge in [-0.05, 0) is 66.1 Å². The molecule has 1 aliphatic rings. The minimum Gasteiger partial charge on any atom is -0.355 e. The number of rotatable bonds is 6. The Kier molecular flexibility index (Phi) is 5.58. The van der Waals surface area contributed by atoms with E-state index >= 15 is 0 Å². The number of nitrogens with zero attached hydrogens (tertiary/aromatic N) is 2. The third-order valence-corrected chi connectivity index (χ3v) is 6.19. The van der Waals surface area contributed by atoms with E-state index in [0.717, 1.165) is 24.5 Å². The van der Waals surface area contributed by atoms with Crippen molar-refractivity contribution in [2.75, 3.05) is 6.54 Å². The number of carbonyl (C=O) groups excluding carboxylic acids is 1. The van der Waals surface area contributed by atoms with E-state index in [1.165, 1.54) is 18.2 Å². The summed E-state index contributed by atoms with van der Waals surface area (Å²) in [5, 5.41) is 3.43. The molecule has 1 amide bonds. The van der Waals surface area contributed by atoms with Crippen LogP contribution < -0.4 is 5.32 Å². The molecular weight excluding hydrogens is 429 g/mol. The van der Waals surface area contributed by atoms with E-state index in [1.807, 2.05) is 0 Å². The predicted octanol–water partition coefficient (Wildman–Crippen LogP) is 4.89. The molecule has 0 radical (unpaired) electrons. The maximum atomic E-state index is 14.5. The van der Waals surface area contributed by atoms with E-state index < -0.39 is 11.6 Å². The van der Waals surface area contributed by atoms with Crippen molar-refractivity contribution in [3.63, 3.8) is 0 Å². The molecule has 2 aromatic carbocycles. The second-order valence-corrected chi connectivity index (χ2v) is 8.44. The van der Waals surface area contributed by atoms with E-state index in [4.69, 9.17) is 0 Å². The number of benzene rings is 2. The molecule has 2 N–H and O–H groups in total. The Morgan fingerprint density at radius 1 is 1.06 bits per heavy atom. The van der Waals surface area contributed by atoms with Crippen LogP contribution in [0, 0.1) is 23.4 Å². The van der Waals surface area contributed by atoms with Crippen LogP contribution >= 0.6 is 0 Å². The van der Waals surface area contributed by atoms with E-state index in [9.17, 15) is 18.0 Å². The molecule has 0 bridgehead atoms. The molecule has 1 aliphatic carbocycles. The number of aromatic nitrogens is 3. The number of fused-ring (bicyclic) bond motifs is 1. The highest BCUT2D eigenvalue weighted by Gasteiger charge is 2.34. The Hall–Kier alpha value is -3.68. The van der Waals surface area contributed by atoms with Gasteiger partial charge in [-0.1, -0.05) is 0 Å². The Morgan fingerprint density at radius 2 is 1.85 bits per heavy atom. The standard InChI is InChI=1S/C25H21F3N4O/c26-17-3-1-15(2-4-17)24-23(20-9-18(27)10-21(28)25(20)32-24)16-7-14(8-16)12-31-22(33)11-19-13-29-5-6-30-19/h1-6,9-10,13-14,16,32H,7-8,11-12H2,(H,31,33)/t14-,16-. The van der Waals surface area contributed by atoms with Crippen molar-refractivity contribution in [3.05, 3.63) is 83.7 Å². The van der Waals surface area contributed by atoms with E-state index in [2.05, 4.69) is 20.3 Å². The molecule has 168 valence electrons. The largest absolute Gasteiger partial charge is 0.355 e. The fourth-order valence-electron chi connectivity index (χ4n) is 4.55. The van der Waals surface area contributed by atoms with E-state index in [1.54, 1.807) is 30.7 Å². The lowest BCUT2D eigenvalue weighted by atomic mass is 9.70. The van der Waals surface area contributed by atoms with Gasteiger partial charge in [0, 0.05) is 36.6 Å². The van der Waals surface area contributed by atoms with Crippen molar-refractivity contribution in [2.45, 2.75) is 25.2 Å². The van der Waals surface area contributed by atoms with Gasteiger partial charge < -0.3 is 10.3 Å². The fourth-order valence-corrected chi connectivity index (χ4v) is 4.55. The quantitative estimate of drug-likeness (QED) is 0.439. The number of hydrogen-bond donors (Lipinski definition) is 2. The van der Waals surface area contributed by atoms with Gasteiger partial charge in [-0.3, -0.25) is 14.8 Å². The number of nitrogens with one attached hydrogen (secondary N) is 2. The molecule has 2 aromatic heterocycles. The summed E-state index contributed by atoms with van der Waals surface area (Å²) in [6.45, 7) is 0.520. The maximum absolute atomic E-state index is 14.5. The SMILES string of the molecule is O=C(Cc1cnccn1)NC[C@H]1C[C@H](c2c(-c3ccc(F)cc3)[nH]c3c(F)cc(F)cc32)C1. The van der Waals surface area contributed by atoms with Crippen molar-refractivity contribution in [3.8, 4) is 11.3 Å². The van der Waals surface area contributed by atoms with Gasteiger partial charge in [-0.25, -0.2) is 13.2 Å². The first kappa shape index (κ1) is 21.2. The Morgan fingerprint density at radius 3 is 2.58 bits per heavy atom. The van der Waals surface area contributed by atoms with Crippen molar-refractivity contribution in [1.82, 2.24) is 20.3 Å². The van der Waals surface area contributed by atoms with E-state index in [-0.39, 0.29) is 35.5 Å². The second-order valence-electron chi connectivity index (χ2n) is 8.44. The van der Waals surface area contributed by atoms with Crippen LogP contribution in [0.15, 0.2) is 55.0 Å². The third-order valence-electron chi connectivity index (χ3n) is 6.19. The van der Waals surface area contributed by atoms with Gasteiger partial charge >= 0.3 is 0 Å². The van der Waals surface area contributed by atoms with Crippen molar-refractivity contribution in [2.24, 2.45) is 5.92 Å². The highest BCUT2D eigenvalue weighted by Crippen LogP contribution is 2.48. The van der Waals surface area contributed by atoms with Crippen molar-refractivity contribution >= 4 is 16.8 Å². The van der Waals surface area contributed by atoms with Crippen molar-refractivity contribution < 1.29 is 18.0 Å². The fraction of sp³-hybridized carbons (Fsp3) is 0.240. The topological polar surface area (TPSA) is 70.7 Å². The Bertz CT molecular complexity index is 1300. The predicted molar refractivity (Wildman–Crippen MR) is 118 cm³/mol. The summed E-state index contributed by atoms with van der Waals surface area (Å²) in [5.74, 6) is -1.46. The zero-order valence-corrected chi connectivity index (χ0v) is 17.6. The second kappa shape index (κ2) is 8.69. The average molecular weight is 450 g/mol. The molecule has 5 nitrogen and oxygen atoms in total. The molecule has 2 heterocycles. The van der Waals surface area contributed by atoms with Gasteiger partial charge in [-0.2, -0.15) is 0 Å². The maximum Gasteiger partial charge on any atom is 0.226 e. The van der Waals surface area contributed by atoms with Gasteiger partial charge in [0.05, 0.1) is 23.3 Å². The Balaban J connectivity index is 1.33. The van der Waals surface area contributed by atoms with Crippen LogP contribution in [0.2, 0.25) is 0 Å². The first-order chi connectivity index (χ1) is 16.0. The zero-order chi connectivity index (χ0) is 22.9. The number of carbonyl (C=O) groups is 1. The lowest BCUT2D eigenvalue weighted by molar-refractivity contribution is -0.120. The van der Waals surface area contributed by atoms with Gasteiger partial charge in [-0.15, -0.1) is 0 Å².